The van der Waals surface area contributed by atoms with Gasteiger partial charge >= 0.3 is 0 Å². The summed E-state index contributed by atoms with van der Waals surface area (Å²) < 4.78 is 0.769. The highest BCUT2D eigenvalue weighted by Gasteiger charge is 2.23. The van der Waals surface area contributed by atoms with Crippen LogP contribution in [0.3, 0.4) is 0 Å². The van der Waals surface area contributed by atoms with E-state index in [9.17, 15) is 4.79 Å². The number of likely N-dealkylation sites (N-methyl/N-ethyl adjacent to an activating group) is 1. The molecule has 0 radical (unpaired) electrons. The molecule has 1 aromatic rings. The van der Waals surface area contributed by atoms with Crippen LogP contribution in [0.5, 0.6) is 0 Å². The summed E-state index contributed by atoms with van der Waals surface area (Å²) in [7, 11) is 1.83. The van der Waals surface area contributed by atoms with E-state index in [1.165, 1.54) is 11.3 Å². The van der Waals surface area contributed by atoms with Gasteiger partial charge in [-0.1, -0.05) is 11.3 Å². The van der Waals surface area contributed by atoms with Crippen molar-refractivity contribution in [2.24, 2.45) is 0 Å². The van der Waals surface area contributed by atoms with Crippen LogP contribution in [0.4, 0.5) is 5.13 Å². The fourth-order valence-electron chi connectivity index (χ4n) is 1.57. The number of rotatable bonds is 2. The number of amides is 1. The van der Waals surface area contributed by atoms with Gasteiger partial charge in [-0.3, -0.25) is 4.79 Å². The molecule has 82 valence electrons. The highest BCUT2D eigenvalue weighted by atomic mass is 79.9. The SMILES string of the molecule is CN1CC(Nc2nnc(Br)s2)CCC1=O. The second-order valence-corrected chi connectivity index (χ2v) is 5.77. The molecular weight excluding hydrogens is 280 g/mol. The minimum absolute atomic E-state index is 0.214. The third-order valence-corrected chi connectivity index (χ3v) is 3.64. The molecule has 5 nitrogen and oxygen atoms in total. The van der Waals surface area contributed by atoms with E-state index in [-0.39, 0.29) is 11.9 Å². The fraction of sp³-hybridized carbons (Fsp3) is 0.625. The Morgan fingerprint density at radius 1 is 1.60 bits per heavy atom. The van der Waals surface area contributed by atoms with E-state index in [1.807, 2.05) is 7.05 Å². The first-order valence-electron chi connectivity index (χ1n) is 4.64. The van der Waals surface area contributed by atoms with Crippen LogP contribution in [-0.2, 0) is 4.79 Å². The molecular formula is C8H11BrN4OS. The van der Waals surface area contributed by atoms with Crippen molar-refractivity contribution in [3.63, 3.8) is 0 Å². The number of hydrogen-bond donors (Lipinski definition) is 1. The second-order valence-electron chi connectivity index (χ2n) is 3.51. The van der Waals surface area contributed by atoms with Crippen molar-refractivity contribution >= 4 is 38.3 Å². The van der Waals surface area contributed by atoms with Crippen molar-refractivity contribution in [1.29, 1.82) is 0 Å². The van der Waals surface area contributed by atoms with E-state index in [2.05, 4.69) is 31.4 Å². The minimum atomic E-state index is 0.214. The maximum Gasteiger partial charge on any atom is 0.222 e. The highest BCUT2D eigenvalue weighted by Crippen LogP contribution is 2.22. The van der Waals surface area contributed by atoms with Crippen molar-refractivity contribution in [3.8, 4) is 0 Å². The van der Waals surface area contributed by atoms with Gasteiger partial charge in [0.2, 0.25) is 11.0 Å². The summed E-state index contributed by atoms with van der Waals surface area (Å²) in [6, 6.07) is 0.285. The summed E-state index contributed by atoms with van der Waals surface area (Å²) in [5.74, 6) is 0.214. The molecule has 2 heterocycles. The van der Waals surface area contributed by atoms with Crippen LogP contribution in [-0.4, -0.2) is 40.6 Å². The third-order valence-electron chi connectivity index (χ3n) is 2.35. The first-order valence-corrected chi connectivity index (χ1v) is 6.25. The molecule has 7 heteroatoms. The third kappa shape index (κ3) is 2.66. The second kappa shape index (κ2) is 4.44. The van der Waals surface area contributed by atoms with Crippen LogP contribution in [0.2, 0.25) is 0 Å². The normalized spacial score (nSPS) is 21.9. The molecule has 0 aliphatic carbocycles. The lowest BCUT2D eigenvalue weighted by molar-refractivity contribution is -0.132. The predicted octanol–water partition coefficient (Wildman–Crippen LogP) is 1.33. The van der Waals surface area contributed by atoms with Crippen molar-refractivity contribution in [2.75, 3.05) is 18.9 Å². The summed E-state index contributed by atoms with van der Waals surface area (Å²) >= 11 is 4.72. The van der Waals surface area contributed by atoms with Crippen molar-refractivity contribution in [3.05, 3.63) is 3.92 Å². The van der Waals surface area contributed by atoms with Crippen molar-refractivity contribution in [1.82, 2.24) is 15.1 Å². The lowest BCUT2D eigenvalue weighted by Crippen LogP contribution is -2.43. The fourth-order valence-corrected chi connectivity index (χ4v) is 2.66. The van der Waals surface area contributed by atoms with Crippen LogP contribution in [0, 0.1) is 0 Å². The van der Waals surface area contributed by atoms with Gasteiger partial charge in [-0.05, 0) is 22.4 Å². The van der Waals surface area contributed by atoms with Crippen molar-refractivity contribution < 1.29 is 4.79 Å². The number of nitrogens with one attached hydrogen (secondary N) is 1. The lowest BCUT2D eigenvalue weighted by Gasteiger charge is -2.29. The number of hydrogen-bond acceptors (Lipinski definition) is 5. The van der Waals surface area contributed by atoms with Crippen molar-refractivity contribution in [2.45, 2.75) is 18.9 Å². The van der Waals surface area contributed by atoms with Gasteiger partial charge in [-0.2, -0.15) is 0 Å². The Kier molecular flexibility index (Phi) is 3.20. The zero-order valence-electron chi connectivity index (χ0n) is 8.23. The topological polar surface area (TPSA) is 58.1 Å². The number of anilines is 1. The van der Waals surface area contributed by atoms with Gasteiger partial charge in [0.05, 0.1) is 0 Å². The molecule has 0 spiro atoms. The number of carbonyl (C=O) groups excluding carboxylic acids is 1. The molecule has 1 fully saturated rings. The first kappa shape index (κ1) is 10.8. The molecule has 1 saturated heterocycles. The summed E-state index contributed by atoms with van der Waals surface area (Å²) in [5, 5.41) is 11.9. The molecule has 1 unspecified atom stereocenters. The van der Waals surface area contributed by atoms with Gasteiger partial charge in [-0.25, -0.2) is 0 Å². The summed E-state index contributed by atoms with van der Waals surface area (Å²) in [5.41, 5.74) is 0. The van der Waals surface area contributed by atoms with E-state index >= 15 is 0 Å². The van der Waals surface area contributed by atoms with Gasteiger partial charge in [0.15, 0.2) is 3.92 Å². The largest absolute Gasteiger partial charge is 0.356 e. The Balaban J connectivity index is 1.93. The highest BCUT2D eigenvalue weighted by molar-refractivity contribution is 9.11. The van der Waals surface area contributed by atoms with Gasteiger partial charge in [0.1, 0.15) is 0 Å². The number of halogens is 1. The Hall–Kier alpha value is -0.690. The predicted molar refractivity (Wildman–Crippen MR) is 61.9 cm³/mol. The van der Waals surface area contributed by atoms with Crippen LogP contribution in [0.15, 0.2) is 3.92 Å². The molecule has 2 rings (SSSR count). The summed E-state index contributed by atoms with van der Waals surface area (Å²) in [6.45, 7) is 0.732. The van der Waals surface area contributed by atoms with E-state index in [0.717, 1.165) is 22.0 Å². The van der Waals surface area contributed by atoms with E-state index in [0.29, 0.717) is 6.42 Å². The Morgan fingerprint density at radius 2 is 2.40 bits per heavy atom. The minimum Gasteiger partial charge on any atom is -0.356 e. The molecule has 0 bridgehead atoms. The Morgan fingerprint density at radius 3 is 3.00 bits per heavy atom. The number of carbonyl (C=O) groups is 1. The van der Waals surface area contributed by atoms with Gasteiger partial charge in [0.25, 0.3) is 0 Å². The average Bonchev–Trinajstić information content (AvgIpc) is 2.58. The molecule has 1 aliphatic heterocycles. The maximum absolute atomic E-state index is 11.3. The number of aromatic nitrogens is 2. The molecule has 15 heavy (non-hydrogen) atoms. The maximum atomic E-state index is 11.3. The molecule has 1 amide bonds. The zero-order chi connectivity index (χ0) is 10.8. The Bertz CT molecular complexity index is 369. The summed E-state index contributed by atoms with van der Waals surface area (Å²) in [4.78, 5) is 13.0. The molecule has 0 saturated carbocycles. The molecule has 1 N–H and O–H groups in total. The van der Waals surface area contributed by atoms with Gasteiger partial charge in [-0.15, -0.1) is 10.2 Å². The number of piperidine rings is 1. The standard InChI is InChI=1S/C8H11BrN4OS/c1-13-4-5(2-3-6(13)14)10-8-12-11-7(9)15-8/h5H,2-4H2,1H3,(H,10,12). The molecule has 1 aliphatic rings. The quantitative estimate of drug-likeness (QED) is 0.893. The van der Waals surface area contributed by atoms with Crippen LogP contribution < -0.4 is 5.32 Å². The first-order chi connectivity index (χ1) is 7.15. The molecule has 1 atom stereocenters. The van der Waals surface area contributed by atoms with E-state index < -0.39 is 0 Å². The van der Waals surface area contributed by atoms with E-state index in [4.69, 9.17) is 0 Å². The molecule has 1 aromatic heterocycles. The lowest BCUT2D eigenvalue weighted by atomic mass is 10.1. The van der Waals surface area contributed by atoms with E-state index in [1.54, 1.807) is 4.90 Å². The molecule has 0 aromatic carbocycles. The van der Waals surface area contributed by atoms with Gasteiger partial charge < -0.3 is 10.2 Å². The van der Waals surface area contributed by atoms with Crippen LogP contribution >= 0.6 is 27.3 Å². The summed E-state index contributed by atoms with van der Waals surface area (Å²) in [6.07, 6.45) is 1.47. The van der Waals surface area contributed by atoms with Gasteiger partial charge in [0, 0.05) is 26.1 Å². The van der Waals surface area contributed by atoms with Crippen LogP contribution in [0.1, 0.15) is 12.8 Å². The smallest absolute Gasteiger partial charge is 0.222 e. The monoisotopic (exact) mass is 290 g/mol. The average molecular weight is 291 g/mol. The number of likely N-dealkylation sites (tertiary alicyclic amines) is 1. The van der Waals surface area contributed by atoms with Crippen LogP contribution in [0.25, 0.3) is 0 Å². The Labute approximate surface area is 100 Å². The zero-order valence-corrected chi connectivity index (χ0v) is 10.6. The number of nitrogens with zero attached hydrogens (tertiary/aromatic N) is 3.